The lowest BCUT2D eigenvalue weighted by Crippen LogP contribution is -2.47. The Balaban J connectivity index is 1.99. The third-order valence-corrected chi connectivity index (χ3v) is 4.61. The third kappa shape index (κ3) is 3.32. The molecule has 2 rings (SSSR count). The van der Waals surface area contributed by atoms with Gasteiger partial charge < -0.3 is 10.5 Å². The van der Waals surface area contributed by atoms with Crippen LogP contribution in [0.2, 0.25) is 0 Å². The Labute approximate surface area is 114 Å². The van der Waals surface area contributed by atoms with E-state index in [2.05, 4.69) is 36.3 Å². The van der Waals surface area contributed by atoms with Crippen LogP contribution in [0.5, 0.6) is 0 Å². The van der Waals surface area contributed by atoms with Crippen molar-refractivity contribution in [2.45, 2.75) is 51.5 Å². The summed E-state index contributed by atoms with van der Waals surface area (Å²) in [6, 6.07) is 4.65. The zero-order chi connectivity index (χ0) is 13.0. The maximum absolute atomic E-state index is 6.00. The summed E-state index contributed by atoms with van der Waals surface area (Å²) in [6.07, 6.45) is 3.01. The lowest BCUT2D eigenvalue weighted by Gasteiger charge is -2.33. The van der Waals surface area contributed by atoms with Gasteiger partial charge in [0.15, 0.2) is 0 Å². The second-order valence-corrected chi connectivity index (χ2v) is 6.04. The van der Waals surface area contributed by atoms with Crippen LogP contribution in [-0.2, 0) is 11.3 Å². The molecule has 0 aromatic carbocycles. The van der Waals surface area contributed by atoms with Gasteiger partial charge in [-0.2, -0.15) is 0 Å². The Bertz CT molecular complexity index is 342. The predicted octanol–water partition coefficient (Wildman–Crippen LogP) is 2.46. The van der Waals surface area contributed by atoms with Crippen LogP contribution < -0.4 is 5.73 Å². The van der Waals surface area contributed by atoms with Gasteiger partial charge in [-0.05, 0) is 37.8 Å². The smallest absolute Gasteiger partial charge is 0.0747 e. The van der Waals surface area contributed by atoms with Crippen molar-refractivity contribution in [2.75, 3.05) is 13.1 Å². The second-order valence-electron chi connectivity index (χ2n) is 5.01. The van der Waals surface area contributed by atoms with Gasteiger partial charge in [0.25, 0.3) is 0 Å². The molecular weight excluding hydrogens is 244 g/mol. The molecule has 0 aliphatic carbocycles. The molecule has 0 saturated carbocycles. The normalized spacial score (nSPS) is 25.8. The van der Waals surface area contributed by atoms with E-state index in [9.17, 15) is 0 Å². The van der Waals surface area contributed by atoms with E-state index in [1.54, 1.807) is 0 Å². The number of nitrogens with two attached hydrogens (primary N) is 1. The first kappa shape index (κ1) is 14.0. The molecule has 18 heavy (non-hydrogen) atoms. The van der Waals surface area contributed by atoms with E-state index in [-0.39, 0.29) is 0 Å². The molecule has 1 fully saturated rings. The molecule has 0 amide bonds. The molecule has 4 heteroatoms. The van der Waals surface area contributed by atoms with Crippen LogP contribution in [0.15, 0.2) is 17.5 Å². The monoisotopic (exact) mass is 268 g/mol. The van der Waals surface area contributed by atoms with E-state index in [4.69, 9.17) is 10.5 Å². The maximum atomic E-state index is 6.00. The molecular formula is C14H24N2OS. The first-order valence-corrected chi connectivity index (χ1v) is 7.74. The number of hydrogen-bond acceptors (Lipinski definition) is 4. The summed E-state index contributed by atoms with van der Waals surface area (Å²) in [4.78, 5) is 3.86. The number of ether oxygens (including phenoxy) is 1. The van der Waals surface area contributed by atoms with Gasteiger partial charge in [-0.1, -0.05) is 13.0 Å². The Morgan fingerprint density at radius 1 is 1.56 bits per heavy atom. The highest BCUT2D eigenvalue weighted by Crippen LogP contribution is 2.25. The molecule has 2 N–H and O–H groups in total. The molecule has 0 bridgehead atoms. The van der Waals surface area contributed by atoms with Gasteiger partial charge >= 0.3 is 0 Å². The van der Waals surface area contributed by atoms with Crippen LogP contribution in [0.4, 0.5) is 0 Å². The van der Waals surface area contributed by atoms with Crippen molar-refractivity contribution in [3.63, 3.8) is 0 Å². The summed E-state index contributed by atoms with van der Waals surface area (Å²) in [5, 5.41) is 2.13. The fourth-order valence-corrected chi connectivity index (χ4v) is 3.45. The number of hydrogen-bond donors (Lipinski definition) is 1. The lowest BCUT2D eigenvalue weighted by molar-refractivity contribution is -0.00512. The minimum atomic E-state index is 0.310. The van der Waals surface area contributed by atoms with E-state index < -0.39 is 0 Å². The molecule has 0 radical (unpaired) electrons. The molecule has 3 unspecified atom stereocenters. The second kappa shape index (κ2) is 6.66. The van der Waals surface area contributed by atoms with Crippen molar-refractivity contribution in [3.05, 3.63) is 22.4 Å². The van der Waals surface area contributed by atoms with E-state index in [1.165, 1.54) is 4.88 Å². The molecule has 2 heterocycles. The Morgan fingerprint density at radius 2 is 2.39 bits per heavy atom. The summed E-state index contributed by atoms with van der Waals surface area (Å²) in [5.41, 5.74) is 5.99. The van der Waals surface area contributed by atoms with Crippen LogP contribution in [0.3, 0.4) is 0 Å². The van der Waals surface area contributed by atoms with Crippen LogP contribution in [0.25, 0.3) is 0 Å². The average molecular weight is 268 g/mol. The SMILES string of the molecule is CCN(Cc1cccs1)C(CN)C1CCC(C)O1. The Kier molecular flexibility index (Phi) is 5.18. The molecule has 102 valence electrons. The minimum absolute atomic E-state index is 0.310. The first-order chi connectivity index (χ1) is 8.74. The number of likely N-dealkylation sites (N-methyl/N-ethyl adjacent to an activating group) is 1. The predicted molar refractivity (Wildman–Crippen MR) is 76.8 cm³/mol. The van der Waals surface area contributed by atoms with Gasteiger partial charge in [0.2, 0.25) is 0 Å². The highest BCUT2D eigenvalue weighted by Gasteiger charge is 2.32. The van der Waals surface area contributed by atoms with Gasteiger partial charge in [0, 0.05) is 24.0 Å². The summed E-state index contributed by atoms with van der Waals surface area (Å²) in [6.45, 7) is 7.05. The van der Waals surface area contributed by atoms with Gasteiger partial charge in [0.1, 0.15) is 0 Å². The van der Waals surface area contributed by atoms with Crippen molar-refractivity contribution in [3.8, 4) is 0 Å². The van der Waals surface area contributed by atoms with Crippen molar-refractivity contribution < 1.29 is 4.74 Å². The average Bonchev–Trinajstić information content (AvgIpc) is 3.01. The molecule has 1 aliphatic heterocycles. The van der Waals surface area contributed by atoms with Gasteiger partial charge in [0.05, 0.1) is 12.2 Å². The maximum Gasteiger partial charge on any atom is 0.0747 e. The van der Waals surface area contributed by atoms with E-state index in [1.807, 2.05) is 11.3 Å². The van der Waals surface area contributed by atoms with E-state index in [0.717, 1.165) is 25.9 Å². The fraction of sp³-hybridized carbons (Fsp3) is 0.714. The van der Waals surface area contributed by atoms with Crippen LogP contribution in [0.1, 0.15) is 31.6 Å². The fourth-order valence-electron chi connectivity index (χ4n) is 2.72. The van der Waals surface area contributed by atoms with Crippen molar-refractivity contribution in [2.24, 2.45) is 5.73 Å². The first-order valence-electron chi connectivity index (χ1n) is 6.86. The third-order valence-electron chi connectivity index (χ3n) is 3.75. The van der Waals surface area contributed by atoms with Crippen molar-refractivity contribution in [1.29, 1.82) is 0 Å². The van der Waals surface area contributed by atoms with Gasteiger partial charge in [-0.3, -0.25) is 4.90 Å². The van der Waals surface area contributed by atoms with E-state index >= 15 is 0 Å². The lowest BCUT2D eigenvalue weighted by atomic mass is 10.1. The van der Waals surface area contributed by atoms with Gasteiger partial charge in [-0.15, -0.1) is 11.3 Å². The summed E-state index contributed by atoms with van der Waals surface area (Å²) >= 11 is 1.81. The molecule has 1 saturated heterocycles. The van der Waals surface area contributed by atoms with Crippen LogP contribution >= 0.6 is 11.3 Å². The Hall–Kier alpha value is -0.420. The molecule has 3 atom stereocenters. The molecule has 0 spiro atoms. The zero-order valence-corrected chi connectivity index (χ0v) is 12.2. The quantitative estimate of drug-likeness (QED) is 0.861. The topological polar surface area (TPSA) is 38.5 Å². The standard InChI is InChI=1S/C14H24N2OS/c1-3-16(10-12-5-4-8-18-12)13(9-15)14-7-6-11(2)17-14/h4-5,8,11,13-14H,3,6-7,9-10,15H2,1-2H3. The summed E-state index contributed by atoms with van der Waals surface area (Å²) in [5.74, 6) is 0. The van der Waals surface area contributed by atoms with Crippen LogP contribution in [-0.4, -0.2) is 36.2 Å². The number of nitrogens with zero attached hydrogens (tertiary/aromatic N) is 1. The minimum Gasteiger partial charge on any atom is -0.374 e. The Morgan fingerprint density at radius 3 is 2.89 bits per heavy atom. The van der Waals surface area contributed by atoms with Crippen LogP contribution in [0, 0.1) is 0 Å². The molecule has 3 nitrogen and oxygen atoms in total. The van der Waals surface area contributed by atoms with Crippen molar-refractivity contribution >= 4 is 11.3 Å². The molecule has 1 aliphatic rings. The summed E-state index contributed by atoms with van der Waals surface area (Å²) in [7, 11) is 0. The number of thiophene rings is 1. The molecule has 1 aromatic rings. The highest BCUT2D eigenvalue weighted by molar-refractivity contribution is 7.09. The highest BCUT2D eigenvalue weighted by atomic mass is 32.1. The largest absolute Gasteiger partial charge is 0.374 e. The zero-order valence-electron chi connectivity index (χ0n) is 11.3. The summed E-state index contributed by atoms with van der Waals surface area (Å²) < 4.78 is 6.00. The number of rotatable bonds is 6. The molecule has 1 aromatic heterocycles. The van der Waals surface area contributed by atoms with Crippen molar-refractivity contribution in [1.82, 2.24) is 4.90 Å². The van der Waals surface area contributed by atoms with E-state index in [0.29, 0.717) is 24.8 Å². The van der Waals surface area contributed by atoms with Gasteiger partial charge in [-0.25, -0.2) is 0 Å².